The molecule has 1 aromatic heterocycles. The van der Waals surface area contributed by atoms with Crippen molar-refractivity contribution in [2.24, 2.45) is 17.8 Å². The lowest BCUT2D eigenvalue weighted by molar-refractivity contribution is -0.697. The van der Waals surface area contributed by atoms with Gasteiger partial charge in [0.1, 0.15) is 12.1 Å². The summed E-state index contributed by atoms with van der Waals surface area (Å²) in [4.78, 5) is 15.1. The van der Waals surface area contributed by atoms with Gasteiger partial charge in [-0.15, -0.1) is 0 Å². The molecule has 8 rings (SSSR count). The summed E-state index contributed by atoms with van der Waals surface area (Å²) in [5.74, 6) is 0.833. The van der Waals surface area contributed by atoms with Gasteiger partial charge in [-0.1, -0.05) is 102 Å². The molecule has 7 heteroatoms. The van der Waals surface area contributed by atoms with E-state index < -0.39 is 21.4 Å². The third-order valence-corrected chi connectivity index (χ3v) is 14.7. The summed E-state index contributed by atoms with van der Waals surface area (Å²) in [7, 11) is -3.84. The van der Waals surface area contributed by atoms with Crippen LogP contribution < -0.4 is 9.88 Å². The van der Waals surface area contributed by atoms with Crippen molar-refractivity contribution in [3.8, 4) is 0 Å². The van der Waals surface area contributed by atoms with E-state index in [0.717, 1.165) is 37.8 Å². The van der Waals surface area contributed by atoms with E-state index in [2.05, 4.69) is 29.2 Å². The second kappa shape index (κ2) is 16.0. The number of benzene rings is 1. The lowest BCUT2D eigenvalue weighted by Gasteiger charge is -2.55. The summed E-state index contributed by atoms with van der Waals surface area (Å²) in [5, 5.41) is 3.40. The van der Waals surface area contributed by atoms with E-state index in [0.29, 0.717) is 45.2 Å². The Balaban J connectivity index is 1.02. The molecular formula is C44H61N2O4S+. The summed E-state index contributed by atoms with van der Waals surface area (Å²) in [6.45, 7) is 5.05. The maximum absolute atomic E-state index is 14.5. The van der Waals surface area contributed by atoms with E-state index in [1.54, 1.807) is 12.1 Å². The summed E-state index contributed by atoms with van der Waals surface area (Å²) in [5.41, 5.74) is 2.81. The van der Waals surface area contributed by atoms with Gasteiger partial charge >= 0.3 is 5.97 Å². The molecule has 1 unspecified atom stereocenters. The third kappa shape index (κ3) is 7.89. The van der Waals surface area contributed by atoms with Gasteiger partial charge < -0.3 is 10.1 Å². The zero-order valence-corrected chi connectivity index (χ0v) is 32.1. The largest absolute Gasteiger partial charge is 0.456 e. The van der Waals surface area contributed by atoms with Crippen molar-refractivity contribution in [1.82, 2.24) is 5.32 Å². The predicted molar refractivity (Wildman–Crippen MR) is 203 cm³/mol. The molecule has 0 saturated heterocycles. The summed E-state index contributed by atoms with van der Waals surface area (Å²) < 4.78 is 37.4. The zero-order chi connectivity index (χ0) is 35.4. The highest BCUT2D eigenvalue weighted by molar-refractivity contribution is 7.96. The van der Waals surface area contributed by atoms with E-state index in [9.17, 15) is 13.2 Å². The van der Waals surface area contributed by atoms with Crippen LogP contribution in [-0.4, -0.2) is 20.0 Å². The number of nitrogens with one attached hydrogen (secondary N) is 1. The number of ether oxygens (including phenoxy) is 1. The van der Waals surface area contributed by atoms with Crippen LogP contribution in [0.4, 0.5) is 0 Å². The van der Waals surface area contributed by atoms with Gasteiger partial charge in [-0.05, 0) is 81.8 Å². The van der Waals surface area contributed by atoms with Gasteiger partial charge in [-0.3, -0.25) is 0 Å². The van der Waals surface area contributed by atoms with Crippen LogP contribution in [0, 0.1) is 17.8 Å². The van der Waals surface area contributed by atoms with Gasteiger partial charge in [-0.25, -0.2) is 17.8 Å². The van der Waals surface area contributed by atoms with Crippen molar-refractivity contribution in [3.63, 3.8) is 0 Å². The first-order chi connectivity index (χ1) is 24.8. The lowest BCUT2D eigenvalue weighted by atomic mass is 9.54. The first kappa shape index (κ1) is 36.4. The molecule has 6 aliphatic rings. The molecule has 1 N–H and O–H groups in total. The molecule has 276 valence electrons. The summed E-state index contributed by atoms with van der Waals surface area (Å²) in [6.07, 6.45) is 29.3. The Labute approximate surface area is 307 Å². The first-order valence-corrected chi connectivity index (χ1v) is 22.0. The monoisotopic (exact) mass is 713 g/mol. The van der Waals surface area contributed by atoms with Gasteiger partial charge in [0.05, 0.1) is 27.0 Å². The summed E-state index contributed by atoms with van der Waals surface area (Å²) in [6, 6.07) is 11.2. The second-order valence-corrected chi connectivity index (χ2v) is 18.7. The Kier molecular flexibility index (Phi) is 11.4. The molecule has 4 fully saturated rings. The average Bonchev–Trinajstić information content (AvgIpc) is 3.32. The van der Waals surface area contributed by atoms with Crippen LogP contribution in [0.1, 0.15) is 159 Å². The number of aromatic nitrogens is 1. The molecule has 1 aromatic carbocycles. The van der Waals surface area contributed by atoms with E-state index in [4.69, 9.17) is 4.74 Å². The minimum atomic E-state index is -3.84. The van der Waals surface area contributed by atoms with Gasteiger partial charge in [0.2, 0.25) is 9.84 Å². The molecule has 4 saturated carbocycles. The van der Waals surface area contributed by atoms with Crippen LogP contribution in [0.2, 0.25) is 0 Å². The molecule has 0 radical (unpaired) electrons. The highest BCUT2D eigenvalue weighted by atomic mass is 32.2. The number of nitrogens with zero attached hydrogens (tertiary/aromatic N) is 1. The molecule has 3 heterocycles. The van der Waals surface area contributed by atoms with Crippen LogP contribution >= 0.6 is 0 Å². The smallest absolute Gasteiger partial charge is 0.337 e. The standard InChI is InChI=1S/C44H60N2O4S/c1-3-4-5-6-7-8-9-10-11-12-13-14-15-18-23-46-24-19-20-36(31-46)40-39(43(47)50-44-28-33-25-34(29-44)27-35(26-33)30-44)32(2)45-41-37-21-16-17-22-38(37)51(48,49)42(40)41/h16-17,19-22,24,31,33-35,40H,3-15,18,23,25-30H2,1-2H3/p+1. The number of dihydropyridines is 1. The van der Waals surface area contributed by atoms with Crippen LogP contribution in [0.15, 0.2) is 69.9 Å². The minimum Gasteiger partial charge on any atom is -0.456 e. The topological polar surface area (TPSA) is 76.3 Å². The van der Waals surface area contributed by atoms with Gasteiger partial charge in [0.15, 0.2) is 12.4 Å². The summed E-state index contributed by atoms with van der Waals surface area (Å²) >= 11 is 0. The molecule has 4 bridgehead atoms. The van der Waals surface area contributed by atoms with Crippen molar-refractivity contribution >= 4 is 21.5 Å². The number of fused-ring (bicyclic) bond motifs is 2. The number of pyridine rings is 1. The fourth-order valence-corrected chi connectivity index (χ4v) is 12.6. The normalized spacial score (nSPS) is 27.0. The predicted octanol–water partition coefficient (Wildman–Crippen LogP) is 10.1. The van der Waals surface area contributed by atoms with Gasteiger partial charge in [0, 0.05) is 29.3 Å². The van der Waals surface area contributed by atoms with E-state index in [1.807, 2.05) is 31.2 Å². The van der Waals surface area contributed by atoms with Gasteiger partial charge in [0.25, 0.3) is 0 Å². The van der Waals surface area contributed by atoms with Crippen LogP contribution in [-0.2, 0) is 25.9 Å². The van der Waals surface area contributed by atoms with Crippen molar-refractivity contribution in [2.45, 2.75) is 165 Å². The maximum Gasteiger partial charge on any atom is 0.337 e. The second-order valence-electron chi connectivity index (χ2n) is 16.8. The zero-order valence-electron chi connectivity index (χ0n) is 31.3. The molecule has 4 aliphatic carbocycles. The minimum absolute atomic E-state index is 0.279. The molecule has 1 atom stereocenters. The Morgan fingerprint density at radius 2 is 1.37 bits per heavy atom. The third-order valence-electron chi connectivity index (χ3n) is 12.7. The molecule has 0 spiro atoms. The molecule has 51 heavy (non-hydrogen) atoms. The van der Waals surface area contributed by atoms with Crippen LogP contribution in [0.3, 0.4) is 0 Å². The fraction of sp³-hybridized carbons (Fsp3) is 0.636. The Morgan fingerprint density at radius 3 is 1.98 bits per heavy atom. The van der Waals surface area contributed by atoms with Crippen LogP contribution in [0.5, 0.6) is 0 Å². The molecule has 6 nitrogen and oxygen atoms in total. The molecule has 0 amide bonds. The number of carbonyl (C=O) groups excluding carboxylic acids is 1. The van der Waals surface area contributed by atoms with E-state index >= 15 is 0 Å². The number of carbonyl (C=O) groups is 1. The number of rotatable bonds is 18. The van der Waals surface area contributed by atoms with Crippen molar-refractivity contribution in [1.29, 1.82) is 0 Å². The van der Waals surface area contributed by atoms with Crippen molar-refractivity contribution in [3.05, 3.63) is 76.1 Å². The number of allylic oxidation sites excluding steroid dienone is 2. The number of unbranched alkanes of at least 4 members (excludes halogenated alkanes) is 13. The van der Waals surface area contributed by atoms with Crippen LogP contribution in [0.25, 0.3) is 5.70 Å². The number of aryl methyl sites for hydroxylation is 1. The van der Waals surface area contributed by atoms with Gasteiger partial charge in [-0.2, -0.15) is 0 Å². The first-order valence-electron chi connectivity index (χ1n) is 20.6. The highest BCUT2D eigenvalue weighted by Gasteiger charge is 2.55. The highest BCUT2D eigenvalue weighted by Crippen LogP contribution is 2.58. The fourth-order valence-electron chi connectivity index (χ4n) is 10.7. The quantitative estimate of drug-likeness (QED) is 0.0946. The maximum atomic E-state index is 14.5. The molecule has 2 aromatic rings. The molecule has 2 aliphatic heterocycles. The number of hydrogen-bond donors (Lipinski definition) is 1. The number of hydrogen-bond acceptors (Lipinski definition) is 5. The van der Waals surface area contributed by atoms with Crippen molar-refractivity contribution in [2.75, 3.05) is 0 Å². The Bertz CT molecular complexity index is 1710. The van der Waals surface area contributed by atoms with Crippen molar-refractivity contribution < 1.29 is 22.5 Å². The number of esters is 1. The SMILES string of the molecule is CCCCCCCCCCCCCCCC[n+]1cccc(C2C(C(=O)OC34CC5CC(CC(C5)C3)C4)=C(C)NC3=C2S(=O)(=O)c2ccccc23)c1. The Morgan fingerprint density at radius 1 is 0.804 bits per heavy atom. The van der Waals surface area contributed by atoms with E-state index in [-0.39, 0.29) is 10.9 Å². The van der Waals surface area contributed by atoms with E-state index in [1.165, 1.54) is 103 Å². The Hall–Kier alpha value is -2.93. The number of sulfone groups is 1. The molecular weight excluding hydrogens is 653 g/mol. The average molecular weight is 714 g/mol. The lowest BCUT2D eigenvalue weighted by Crippen LogP contribution is -2.53.